The van der Waals surface area contributed by atoms with Gasteiger partial charge in [-0.05, 0) is 43.3 Å². The van der Waals surface area contributed by atoms with Gasteiger partial charge in [0.05, 0.1) is 25.4 Å². The van der Waals surface area contributed by atoms with Crippen molar-refractivity contribution in [2.75, 3.05) is 32.1 Å². The number of anilines is 1. The summed E-state index contributed by atoms with van der Waals surface area (Å²) in [5.41, 5.74) is 2.60. The van der Waals surface area contributed by atoms with Crippen molar-refractivity contribution in [1.29, 1.82) is 0 Å². The van der Waals surface area contributed by atoms with Crippen LogP contribution in [0.4, 0.5) is 10.5 Å². The maximum absolute atomic E-state index is 12.4. The van der Waals surface area contributed by atoms with E-state index in [1.54, 1.807) is 23.1 Å². The highest BCUT2D eigenvalue weighted by Gasteiger charge is 2.21. The Labute approximate surface area is 164 Å². The fourth-order valence-corrected chi connectivity index (χ4v) is 2.87. The number of carbonyl (C=O) groups excluding carboxylic acids is 2. The van der Waals surface area contributed by atoms with Gasteiger partial charge in [0.15, 0.2) is 0 Å². The molecule has 144 valence electrons. The number of carbonyl (C=O) groups is 2. The number of urea groups is 1. The maximum Gasteiger partial charge on any atom is 0.337 e. The highest BCUT2D eigenvalue weighted by atomic mass is 16.5. The zero-order chi connectivity index (χ0) is 19.9. The van der Waals surface area contributed by atoms with Gasteiger partial charge in [-0.1, -0.05) is 24.0 Å². The number of amides is 2. The van der Waals surface area contributed by atoms with E-state index in [1.165, 1.54) is 7.11 Å². The molecule has 1 saturated heterocycles. The molecule has 0 unspecified atom stereocenters. The monoisotopic (exact) mass is 378 g/mol. The van der Waals surface area contributed by atoms with Crippen molar-refractivity contribution in [3.63, 3.8) is 0 Å². The van der Waals surface area contributed by atoms with Crippen LogP contribution in [0.1, 0.15) is 28.4 Å². The van der Waals surface area contributed by atoms with Crippen LogP contribution < -0.4 is 5.32 Å². The first-order chi connectivity index (χ1) is 13.5. The van der Waals surface area contributed by atoms with Crippen molar-refractivity contribution in [2.24, 2.45) is 0 Å². The molecule has 0 aliphatic carbocycles. The quantitative estimate of drug-likeness (QED) is 0.644. The lowest BCUT2D eigenvalue weighted by Gasteiger charge is -2.31. The van der Waals surface area contributed by atoms with E-state index in [-0.39, 0.29) is 12.1 Å². The van der Waals surface area contributed by atoms with Gasteiger partial charge in [-0.15, -0.1) is 0 Å². The first-order valence-corrected chi connectivity index (χ1v) is 9.03. The third kappa shape index (κ3) is 5.12. The van der Waals surface area contributed by atoms with E-state index in [0.717, 1.165) is 5.56 Å². The SMILES string of the molecule is COC(=O)c1cccc(C#Cc2cccc(NC(=O)N3CCO[C@H](C)C3)c2)c1. The van der Waals surface area contributed by atoms with Gasteiger partial charge in [-0.2, -0.15) is 0 Å². The molecular weight excluding hydrogens is 356 g/mol. The lowest BCUT2D eigenvalue weighted by molar-refractivity contribution is -0.00138. The molecule has 1 heterocycles. The number of hydrogen-bond acceptors (Lipinski definition) is 4. The van der Waals surface area contributed by atoms with Crippen molar-refractivity contribution in [2.45, 2.75) is 13.0 Å². The molecule has 1 atom stereocenters. The minimum absolute atomic E-state index is 0.0393. The van der Waals surface area contributed by atoms with Crippen LogP contribution in [0.2, 0.25) is 0 Å². The van der Waals surface area contributed by atoms with Crippen LogP contribution in [0.25, 0.3) is 0 Å². The van der Waals surface area contributed by atoms with Crippen molar-refractivity contribution < 1.29 is 19.1 Å². The standard InChI is InChI=1S/C22H22N2O4/c1-16-15-24(11-12-28-16)22(26)23-20-8-4-6-18(14-20)10-9-17-5-3-7-19(13-17)21(25)27-2/h3-8,13-14,16H,11-12,15H2,1-2H3,(H,23,26)/t16-/m1/s1. The molecule has 1 fully saturated rings. The summed E-state index contributed by atoms with van der Waals surface area (Å²) in [7, 11) is 1.35. The summed E-state index contributed by atoms with van der Waals surface area (Å²) in [6.07, 6.45) is 0.0393. The van der Waals surface area contributed by atoms with Crippen LogP contribution in [0, 0.1) is 11.8 Å². The Morgan fingerprint density at radius 2 is 1.86 bits per heavy atom. The van der Waals surface area contributed by atoms with Crippen LogP contribution in [-0.2, 0) is 9.47 Å². The molecule has 28 heavy (non-hydrogen) atoms. The van der Waals surface area contributed by atoms with Gasteiger partial charge in [0.2, 0.25) is 0 Å². The van der Waals surface area contributed by atoms with Crippen molar-refractivity contribution in [1.82, 2.24) is 4.90 Å². The summed E-state index contributed by atoms with van der Waals surface area (Å²) in [5.74, 6) is 5.69. The van der Waals surface area contributed by atoms with Crippen LogP contribution in [0.3, 0.4) is 0 Å². The Bertz CT molecular complexity index is 929. The fourth-order valence-electron chi connectivity index (χ4n) is 2.87. The summed E-state index contributed by atoms with van der Waals surface area (Å²) >= 11 is 0. The molecule has 1 aliphatic rings. The molecule has 0 bridgehead atoms. The molecule has 2 amide bonds. The fraction of sp³-hybridized carbons (Fsp3) is 0.273. The average molecular weight is 378 g/mol. The second-order valence-corrected chi connectivity index (χ2v) is 6.46. The molecule has 0 spiro atoms. The number of nitrogens with zero attached hydrogens (tertiary/aromatic N) is 1. The summed E-state index contributed by atoms with van der Waals surface area (Å²) in [5, 5.41) is 2.90. The first kappa shape index (κ1) is 19.5. The minimum Gasteiger partial charge on any atom is -0.465 e. The van der Waals surface area contributed by atoms with Gasteiger partial charge in [0.25, 0.3) is 0 Å². The molecule has 2 aromatic carbocycles. The van der Waals surface area contributed by atoms with E-state index in [4.69, 9.17) is 9.47 Å². The Kier molecular flexibility index (Phi) is 6.30. The zero-order valence-corrected chi connectivity index (χ0v) is 15.9. The van der Waals surface area contributed by atoms with Crippen LogP contribution >= 0.6 is 0 Å². The molecule has 6 heteroatoms. The Morgan fingerprint density at radius 3 is 2.57 bits per heavy atom. The van der Waals surface area contributed by atoms with E-state index in [0.29, 0.717) is 36.5 Å². The van der Waals surface area contributed by atoms with Crippen LogP contribution in [0.5, 0.6) is 0 Å². The number of morpholine rings is 1. The largest absolute Gasteiger partial charge is 0.465 e. The number of rotatable bonds is 2. The highest BCUT2D eigenvalue weighted by Crippen LogP contribution is 2.13. The summed E-state index contributed by atoms with van der Waals surface area (Å²) in [6.45, 7) is 3.64. The van der Waals surface area contributed by atoms with Gasteiger partial charge >= 0.3 is 12.0 Å². The third-order valence-corrected chi connectivity index (χ3v) is 4.28. The topological polar surface area (TPSA) is 67.9 Å². The second-order valence-electron chi connectivity index (χ2n) is 6.46. The van der Waals surface area contributed by atoms with Gasteiger partial charge in [-0.25, -0.2) is 9.59 Å². The number of nitrogens with one attached hydrogen (secondary N) is 1. The molecule has 1 aliphatic heterocycles. The van der Waals surface area contributed by atoms with E-state index in [2.05, 4.69) is 17.2 Å². The molecule has 2 aromatic rings. The summed E-state index contributed by atoms with van der Waals surface area (Å²) in [4.78, 5) is 25.8. The molecule has 0 radical (unpaired) electrons. The number of benzene rings is 2. The first-order valence-electron chi connectivity index (χ1n) is 9.03. The number of methoxy groups -OCH3 is 1. The summed E-state index contributed by atoms with van der Waals surface area (Å²) < 4.78 is 10.2. The number of hydrogen-bond donors (Lipinski definition) is 1. The second kappa shape index (κ2) is 9.07. The Hall–Kier alpha value is -3.30. The smallest absolute Gasteiger partial charge is 0.337 e. The lowest BCUT2D eigenvalue weighted by Crippen LogP contribution is -2.46. The lowest BCUT2D eigenvalue weighted by atomic mass is 10.1. The number of ether oxygens (including phenoxy) is 2. The molecule has 6 nitrogen and oxygen atoms in total. The molecule has 0 aromatic heterocycles. The van der Waals surface area contributed by atoms with Gasteiger partial charge in [0.1, 0.15) is 0 Å². The summed E-state index contributed by atoms with van der Waals surface area (Å²) in [6, 6.07) is 14.1. The maximum atomic E-state index is 12.4. The van der Waals surface area contributed by atoms with E-state index in [1.807, 2.05) is 37.3 Å². The van der Waals surface area contributed by atoms with E-state index >= 15 is 0 Å². The van der Waals surface area contributed by atoms with E-state index in [9.17, 15) is 9.59 Å². The molecule has 3 rings (SSSR count). The van der Waals surface area contributed by atoms with Gasteiger partial charge < -0.3 is 19.7 Å². The normalized spacial score (nSPS) is 15.9. The van der Waals surface area contributed by atoms with Gasteiger partial charge in [-0.3, -0.25) is 0 Å². The Balaban J connectivity index is 1.70. The molecular formula is C22H22N2O4. The minimum atomic E-state index is -0.397. The van der Waals surface area contributed by atoms with Crippen molar-refractivity contribution in [3.05, 3.63) is 65.2 Å². The zero-order valence-electron chi connectivity index (χ0n) is 15.9. The Morgan fingerprint density at radius 1 is 1.14 bits per heavy atom. The van der Waals surface area contributed by atoms with E-state index < -0.39 is 5.97 Å². The van der Waals surface area contributed by atoms with Gasteiger partial charge in [0, 0.05) is 29.9 Å². The third-order valence-electron chi connectivity index (χ3n) is 4.28. The average Bonchev–Trinajstić information content (AvgIpc) is 2.72. The highest BCUT2D eigenvalue weighted by molar-refractivity contribution is 5.90. The molecule has 0 saturated carbocycles. The van der Waals surface area contributed by atoms with Crippen molar-refractivity contribution in [3.8, 4) is 11.8 Å². The van der Waals surface area contributed by atoms with Crippen molar-refractivity contribution >= 4 is 17.7 Å². The predicted octanol–water partition coefficient (Wildman–Crippen LogP) is 3.13. The van der Waals surface area contributed by atoms with Crippen LogP contribution in [-0.4, -0.2) is 49.8 Å². The predicted molar refractivity (Wildman–Crippen MR) is 106 cm³/mol. The van der Waals surface area contributed by atoms with Crippen LogP contribution in [0.15, 0.2) is 48.5 Å². The molecule has 1 N–H and O–H groups in total. The number of esters is 1.